The standard InChI is InChI=1S/C14H21FN2O3/c1-9(8-18)17(3)14(19)16-10(2)13-11(15)6-5-7-12(13)20-4/h5-7,9-10,18H,8H2,1-4H3,(H,16,19). The summed E-state index contributed by atoms with van der Waals surface area (Å²) in [7, 11) is 3.02. The van der Waals surface area contributed by atoms with E-state index in [1.165, 1.54) is 18.1 Å². The molecule has 1 rings (SSSR count). The van der Waals surface area contributed by atoms with Crippen molar-refractivity contribution in [1.29, 1.82) is 0 Å². The Balaban J connectivity index is 2.86. The van der Waals surface area contributed by atoms with E-state index in [0.717, 1.165) is 0 Å². The zero-order chi connectivity index (χ0) is 15.3. The number of amides is 2. The van der Waals surface area contributed by atoms with E-state index < -0.39 is 11.9 Å². The number of nitrogens with one attached hydrogen (secondary N) is 1. The van der Waals surface area contributed by atoms with Crippen molar-refractivity contribution in [2.75, 3.05) is 20.8 Å². The molecule has 0 radical (unpaired) electrons. The number of nitrogens with zero attached hydrogens (tertiary/aromatic N) is 1. The maximum Gasteiger partial charge on any atom is 0.317 e. The first kappa shape index (κ1) is 16.2. The van der Waals surface area contributed by atoms with Crippen LogP contribution in [0, 0.1) is 5.82 Å². The van der Waals surface area contributed by atoms with E-state index in [2.05, 4.69) is 5.32 Å². The molecule has 1 aromatic rings. The minimum Gasteiger partial charge on any atom is -0.496 e. The van der Waals surface area contributed by atoms with Crippen molar-refractivity contribution in [3.05, 3.63) is 29.6 Å². The van der Waals surface area contributed by atoms with Crippen LogP contribution in [0.2, 0.25) is 0 Å². The average Bonchev–Trinajstić information content (AvgIpc) is 2.44. The Morgan fingerprint density at radius 2 is 2.15 bits per heavy atom. The molecule has 112 valence electrons. The first-order valence-corrected chi connectivity index (χ1v) is 6.39. The summed E-state index contributed by atoms with van der Waals surface area (Å²) in [5.74, 6) is -0.0503. The summed E-state index contributed by atoms with van der Waals surface area (Å²) in [5, 5.41) is 11.7. The molecule has 2 unspecified atom stereocenters. The van der Waals surface area contributed by atoms with E-state index >= 15 is 0 Å². The Hall–Kier alpha value is -1.82. The number of hydrogen-bond acceptors (Lipinski definition) is 3. The summed E-state index contributed by atoms with van der Waals surface area (Å²) < 4.78 is 19.0. The Morgan fingerprint density at radius 3 is 2.70 bits per heavy atom. The van der Waals surface area contributed by atoms with Crippen LogP contribution in [0.15, 0.2) is 18.2 Å². The maximum absolute atomic E-state index is 13.9. The molecule has 0 spiro atoms. The maximum atomic E-state index is 13.9. The van der Waals surface area contributed by atoms with Gasteiger partial charge >= 0.3 is 6.03 Å². The number of methoxy groups -OCH3 is 1. The Kier molecular flexibility index (Phi) is 5.76. The van der Waals surface area contributed by atoms with Gasteiger partial charge in [0.05, 0.1) is 31.4 Å². The molecular formula is C14H21FN2O3. The van der Waals surface area contributed by atoms with E-state index in [0.29, 0.717) is 11.3 Å². The van der Waals surface area contributed by atoms with Crippen molar-refractivity contribution >= 4 is 6.03 Å². The molecule has 0 aliphatic carbocycles. The predicted octanol–water partition coefficient (Wildman–Crippen LogP) is 1.92. The van der Waals surface area contributed by atoms with Crippen LogP contribution in [0.25, 0.3) is 0 Å². The van der Waals surface area contributed by atoms with E-state index in [1.54, 1.807) is 33.0 Å². The van der Waals surface area contributed by atoms with Gasteiger partial charge in [0.15, 0.2) is 0 Å². The number of benzene rings is 1. The molecule has 0 saturated carbocycles. The molecule has 20 heavy (non-hydrogen) atoms. The quantitative estimate of drug-likeness (QED) is 0.868. The van der Waals surface area contributed by atoms with Crippen LogP contribution in [0.4, 0.5) is 9.18 Å². The van der Waals surface area contributed by atoms with Gasteiger partial charge in [-0.2, -0.15) is 0 Å². The monoisotopic (exact) mass is 284 g/mol. The van der Waals surface area contributed by atoms with Gasteiger partial charge in [0.2, 0.25) is 0 Å². The molecular weight excluding hydrogens is 263 g/mol. The van der Waals surface area contributed by atoms with E-state index in [9.17, 15) is 9.18 Å². The van der Waals surface area contributed by atoms with Crippen LogP contribution in [-0.4, -0.2) is 42.8 Å². The fourth-order valence-corrected chi connectivity index (χ4v) is 1.80. The number of carbonyl (C=O) groups excluding carboxylic acids is 1. The van der Waals surface area contributed by atoms with Gasteiger partial charge in [-0.25, -0.2) is 9.18 Å². The smallest absolute Gasteiger partial charge is 0.317 e. The van der Waals surface area contributed by atoms with Gasteiger partial charge in [-0.05, 0) is 26.0 Å². The SMILES string of the molecule is COc1cccc(F)c1C(C)NC(=O)N(C)C(C)CO. The largest absolute Gasteiger partial charge is 0.496 e. The fourth-order valence-electron chi connectivity index (χ4n) is 1.80. The number of rotatable bonds is 5. The van der Waals surface area contributed by atoms with Crippen molar-refractivity contribution in [2.45, 2.75) is 25.9 Å². The number of carbonyl (C=O) groups is 1. The molecule has 0 heterocycles. The van der Waals surface area contributed by atoms with Crippen LogP contribution >= 0.6 is 0 Å². The third kappa shape index (κ3) is 3.60. The van der Waals surface area contributed by atoms with Gasteiger partial charge in [-0.3, -0.25) is 0 Å². The van der Waals surface area contributed by atoms with Gasteiger partial charge < -0.3 is 20.1 Å². The molecule has 2 amide bonds. The van der Waals surface area contributed by atoms with Crippen molar-refractivity contribution in [3.8, 4) is 5.75 Å². The lowest BCUT2D eigenvalue weighted by atomic mass is 10.1. The highest BCUT2D eigenvalue weighted by molar-refractivity contribution is 5.74. The zero-order valence-corrected chi connectivity index (χ0v) is 12.2. The van der Waals surface area contributed by atoms with Gasteiger partial charge in [0.1, 0.15) is 11.6 Å². The first-order valence-electron chi connectivity index (χ1n) is 6.39. The Labute approximate surface area is 118 Å². The van der Waals surface area contributed by atoms with Gasteiger partial charge in [-0.1, -0.05) is 6.07 Å². The number of likely N-dealkylation sites (N-methyl/N-ethyl adjacent to an activating group) is 1. The molecule has 0 bridgehead atoms. The highest BCUT2D eigenvalue weighted by Gasteiger charge is 2.21. The van der Waals surface area contributed by atoms with Crippen LogP contribution in [-0.2, 0) is 0 Å². The minimum atomic E-state index is -0.549. The van der Waals surface area contributed by atoms with Crippen molar-refractivity contribution in [3.63, 3.8) is 0 Å². The lowest BCUT2D eigenvalue weighted by Gasteiger charge is -2.26. The van der Waals surface area contributed by atoms with Crippen LogP contribution in [0.1, 0.15) is 25.5 Å². The number of ether oxygens (including phenoxy) is 1. The summed E-state index contributed by atoms with van der Waals surface area (Å²) >= 11 is 0. The zero-order valence-electron chi connectivity index (χ0n) is 12.2. The molecule has 0 aliphatic rings. The molecule has 6 heteroatoms. The lowest BCUT2D eigenvalue weighted by molar-refractivity contribution is 0.155. The van der Waals surface area contributed by atoms with E-state index in [4.69, 9.17) is 9.84 Å². The highest BCUT2D eigenvalue weighted by atomic mass is 19.1. The summed E-state index contributed by atoms with van der Waals surface area (Å²) in [5.41, 5.74) is 0.299. The van der Waals surface area contributed by atoms with Crippen LogP contribution < -0.4 is 10.1 Å². The predicted molar refractivity (Wildman–Crippen MR) is 74.2 cm³/mol. The summed E-state index contributed by atoms with van der Waals surface area (Å²) in [4.78, 5) is 13.3. The van der Waals surface area contributed by atoms with Crippen LogP contribution in [0.5, 0.6) is 5.75 Å². The molecule has 5 nitrogen and oxygen atoms in total. The second-order valence-corrected chi connectivity index (χ2v) is 4.67. The molecule has 2 atom stereocenters. The van der Waals surface area contributed by atoms with Gasteiger partial charge in [0.25, 0.3) is 0 Å². The average molecular weight is 284 g/mol. The fraction of sp³-hybridized carbons (Fsp3) is 0.500. The molecule has 2 N–H and O–H groups in total. The molecule has 0 saturated heterocycles. The van der Waals surface area contributed by atoms with E-state index in [-0.39, 0.29) is 18.7 Å². The number of aliphatic hydroxyl groups is 1. The summed E-state index contributed by atoms with van der Waals surface area (Å²) in [6.45, 7) is 3.26. The van der Waals surface area contributed by atoms with E-state index in [1.807, 2.05) is 0 Å². The normalized spacial score (nSPS) is 13.5. The lowest BCUT2D eigenvalue weighted by Crippen LogP contribution is -2.44. The number of aliphatic hydroxyl groups excluding tert-OH is 1. The van der Waals surface area contributed by atoms with Crippen molar-refractivity contribution < 1.29 is 19.0 Å². The first-order chi connectivity index (χ1) is 9.42. The summed E-state index contributed by atoms with van der Waals surface area (Å²) in [6.07, 6.45) is 0. The molecule has 0 aromatic heterocycles. The number of hydrogen-bond donors (Lipinski definition) is 2. The Morgan fingerprint density at radius 1 is 1.50 bits per heavy atom. The number of halogens is 1. The summed E-state index contributed by atoms with van der Waals surface area (Å²) in [6, 6.07) is 3.26. The minimum absolute atomic E-state index is 0.138. The van der Waals surface area contributed by atoms with Crippen LogP contribution in [0.3, 0.4) is 0 Å². The van der Waals surface area contributed by atoms with Crippen molar-refractivity contribution in [1.82, 2.24) is 10.2 Å². The molecule has 1 aromatic carbocycles. The highest BCUT2D eigenvalue weighted by Crippen LogP contribution is 2.27. The number of urea groups is 1. The third-order valence-corrected chi connectivity index (χ3v) is 3.25. The second-order valence-electron chi connectivity index (χ2n) is 4.67. The van der Waals surface area contributed by atoms with Gasteiger partial charge in [-0.15, -0.1) is 0 Å². The second kappa shape index (κ2) is 7.09. The topological polar surface area (TPSA) is 61.8 Å². The third-order valence-electron chi connectivity index (χ3n) is 3.25. The Bertz CT molecular complexity index is 468. The molecule has 0 aliphatic heterocycles. The van der Waals surface area contributed by atoms with Gasteiger partial charge in [0, 0.05) is 7.05 Å². The molecule has 0 fully saturated rings. The van der Waals surface area contributed by atoms with Crippen molar-refractivity contribution in [2.24, 2.45) is 0 Å².